The summed E-state index contributed by atoms with van der Waals surface area (Å²) >= 11 is 7.68. The van der Waals surface area contributed by atoms with Gasteiger partial charge in [0.15, 0.2) is 5.71 Å². The summed E-state index contributed by atoms with van der Waals surface area (Å²) < 4.78 is 1.75. The van der Waals surface area contributed by atoms with Crippen molar-refractivity contribution in [2.45, 2.75) is 19.9 Å². The number of amides is 1. The second-order valence-electron chi connectivity index (χ2n) is 6.78. The van der Waals surface area contributed by atoms with E-state index in [1.807, 2.05) is 67.8 Å². The molecule has 28 heavy (non-hydrogen) atoms. The molecule has 2 heterocycles. The third kappa shape index (κ3) is 3.30. The number of thiazole rings is 1. The number of fused-ring (bicyclic) bond motifs is 1. The number of benzene rings is 2. The Balaban J connectivity index is 1.96. The van der Waals surface area contributed by atoms with E-state index in [1.165, 1.54) is 11.3 Å². The number of halogens is 1. The van der Waals surface area contributed by atoms with Crippen LogP contribution in [0.4, 0.5) is 5.69 Å². The number of rotatable bonds is 3. The topological polar surface area (TPSA) is 50.0 Å². The third-order valence-corrected chi connectivity index (χ3v) is 5.47. The molecule has 0 saturated carbocycles. The highest BCUT2D eigenvalue weighted by atomic mass is 35.5. The number of carbonyl (C=O) groups is 1. The molecule has 0 bridgehead atoms. The molecule has 1 aliphatic rings. The number of para-hydroxylation sites is 1. The lowest BCUT2D eigenvalue weighted by Gasteiger charge is -2.08. The summed E-state index contributed by atoms with van der Waals surface area (Å²) in [7, 11) is 1.76. The predicted octanol–water partition coefficient (Wildman–Crippen LogP) is 4.41. The van der Waals surface area contributed by atoms with Crippen LogP contribution < -0.4 is 9.70 Å². The first kappa shape index (κ1) is 18.7. The first-order chi connectivity index (χ1) is 13.5. The van der Waals surface area contributed by atoms with Crippen molar-refractivity contribution in [3.05, 3.63) is 69.3 Å². The average molecular weight is 411 g/mol. The highest BCUT2D eigenvalue weighted by molar-refractivity contribution is 7.07. The van der Waals surface area contributed by atoms with Gasteiger partial charge < -0.3 is 4.90 Å². The van der Waals surface area contributed by atoms with Crippen LogP contribution in [-0.4, -0.2) is 29.4 Å². The molecule has 0 atom stereocenters. The molecular formula is C21H19ClN4OS. The minimum atomic E-state index is -0.132. The predicted molar refractivity (Wildman–Crippen MR) is 115 cm³/mol. The fourth-order valence-electron chi connectivity index (χ4n) is 3.10. The number of hydrogen-bond donors (Lipinski definition) is 0. The molecule has 0 spiro atoms. The Labute approximate surface area is 172 Å². The lowest BCUT2D eigenvalue weighted by molar-refractivity contribution is -0.112. The van der Waals surface area contributed by atoms with E-state index in [0.29, 0.717) is 10.7 Å². The van der Waals surface area contributed by atoms with E-state index >= 15 is 0 Å². The Kier molecular flexibility index (Phi) is 4.91. The third-order valence-electron chi connectivity index (χ3n) is 4.40. The summed E-state index contributed by atoms with van der Waals surface area (Å²) in [4.78, 5) is 19.9. The van der Waals surface area contributed by atoms with E-state index in [-0.39, 0.29) is 11.9 Å². The first-order valence-corrected chi connectivity index (χ1v) is 10.2. The largest absolute Gasteiger partial charge is 0.309 e. The van der Waals surface area contributed by atoms with Gasteiger partial charge in [0.05, 0.1) is 11.4 Å². The molecule has 0 radical (unpaired) electrons. The molecule has 0 saturated heterocycles. The molecule has 0 fully saturated rings. The van der Waals surface area contributed by atoms with Crippen LogP contribution in [-0.2, 0) is 4.79 Å². The summed E-state index contributed by atoms with van der Waals surface area (Å²) in [5.74, 6) is -0.132. The fourth-order valence-corrected chi connectivity index (χ4v) is 4.25. The van der Waals surface area contributed by atoms with Crippen LogP contribution in [0.15, 0.2) is 64.0 Å². The van der Waals surface area contributed by atoms with E-state index in [4.69, 9.17) is 16.7 Å². The van der Waals surface area contributed by atoms with Crippen LogP contribution in [0.5, 0.6) is 0 Å². The molecule has 2 aromatic carbocycles. The van der Waals surface area contributed by atoms with Gasteiger partial charge in [0.1, 0.15) is 0 Å². The number of likely N-dealkylation sites (N-methyl/N-ethyl adjacent to an activating group) is 1. The normalized spacial score (nSPS) is 15.8. The van der Waals surface area contributed by atoms with Crippen molar-refractivity contribution in [2.75, 3.05) is 11.9 Å². The van der Waals surface area contributed by atoms with Crippen molar-refractivity contribution < 1.29 is 4.79 Å². The molecule has 0 aliphatic carbocycles. The maximum atomic E-state index is 12.9. The van der Waals surface area contributed by atoms with Gasteiger partial charge in [-0.1, -0.05) is 41.9 Å². The summed E-state index contributed by atoms with van der Waals surface area (Å²) in [6.07, 6.45) is 0. The maximum absolute atomic E-state index is 12.9. The van der Waals surface area contributed by atoms with Crippen molar-refractivity contribution in [3.63, 3.8) is 0 Å². The van der Waals surface area contributed by atoms with Gasteiger partial charge >= 0.3 is 0 Å². The quantitative estimate of drug-likeness (QED) is 0.631. The molecule has 5 nitrogen and oxygen atoms in total. The highest BCUT2D eigenvalue weighted by Crippen LogP contribution is 2.29. The van der Waals surface area contributed by atoms with E-state index in [0.717, 1.165) is 27.3 Å². The molecule has 1 aromatic heterocycles. The van der Waals surface area contributed by atoms with Gasteiger partial charge in [0, 0.05) is 34.6 Å². The van der Waals surface area contributed by atoms with Gasteiger partial charge in [-0.05, 0) is 32.0 Å². The van der Waals surface area contributed by atoms with Crippen LogP contribution >= 0.6 is 22.9 Å². The Morgan fingerprint density at radius 3 is 2.64 bits per heavy atom. The van der Waals surface area contributed by atoms with Crippen molar-refractivity contribution in [3.8, 4) is 11.3 Å². The van der Waals surface area contributed by atoms with Crippen LogP contribution in [0, 0.1) is 0 Å². The fraction of sp³-hybridized carbons (Fsp3) is 0.190. The van der Waals surface area contributed by atoms with E-state index in [1.54, 1.807) is 16.6 Å². The zero-order chi connectivity index (χ0) is 19.8. The van der Waals surface area contributed by atoms with Crippen LogP contribution in [0.1, 0.15) is 19.4 Å². The molecule has 0 N–H and O–H groups in total. The summed E-state index contributed by atoms with van der Waals surface area (Å²) in [6.45, 7) is 4.03. The summed E-state index contributed by atoms with van der Waals surface area (Å²) in [5, 5.41) is 7.40. The Bertz CT molecular complexity index is 1160. The number of carbonyl (C=O) groups excluding carboxylic acids is 1. The van der Waals surface area contributed by atoms with Crippen molar-refractivity contribution in [1.29, 1.82) is 0 Å². The van der Waals surface area contributed by atoms with Gasteiger partial charge in [0.2, 0.25) is 4.80 Å². The molecular weight excluding hydrogens is 392 g/mol. The molecule has 1 amide bonds. The number of nitrogens with zero attached hydrogens (tertiary/aromatic N) is 4. The summed E-state index contributed by atoms with van der Waals surface area (Å²) in [5.41, 5.74) is 3.85. The first-order valence-electron chi connectivity index (χ1n) is 8.92. The van der Waals surface area contributed by atoms with Crippen LogP contribution in [0.2, 0.25) is 5.02 Å². The van der Waals surface area contributed by atoms with Gasteiger partial charge in [-0.15, -0.1) is 11.3 Å². The van der Waals surface area contributed by atoms with Gasteiger partial charge in [-0.2, -0.15) is 5.10 Å². The van der Waals surface area contributed by atoms with Gasteiger partial charge in [0.25, 0.3) is 5.91 Å². The van der Waals surface area contributed by atoms with Crippen LogP contribution in [0.3, 0.4) is 0 Å². The molecule has 0 unspecified atom stereocenters. The van der Waals surface area contributed by atoms with Crippen molar-refractivity contribution in [1.82, 2.24) is 4.68 Å². The Morgan fingerprint density at radius 1 is 1.11 bits per heavy atom. The molecule has 1 aliphatic heterocycles. The van der Waals surface area contributed by atoms with E-state index < -0.39 is 0 Å². The standard InChI is InChI=1S/C21H19ClN4OS/c1-13(2)23-21-26(18(12-28-21)14-7-6-8-15(22)11-14)24-19-16-9-4-5-10-17(16)25(3)20(19)27/h4-13H,1-3H3. The highest BCUT2D eigenvalue weighted by Gasteiger charge is 2.31. The van der Waals surface area contributed by atoms with E-state index in [2.05, 4.69) is 4.99 Å². The van der Waals surface area contributed by atoms with Crippen molar-refractivity contribution in [2.24, 2.45) is 10.1 Å². The SMILES string of the molecule is CC(C)N=c1scc(-c2cccc(Cl)c2)n1N=C1C(=O)N(C)c2ccccc21. The lowest BCUT2D eigenvalue weighted by Crippen LogP contribution is -2.27. The Hall–Kier alpha value is -2.70. The Morgan fingerprint density at radius 2 is 1.89 bits per heavy atom. The summed E-state index contributed by atoms with van der Waals surface area (Å²) in [6, 6.07) is 15.4. The monoisotopic (exact) mass is 410 g/mol. The zero-order valence-corrected chi connectivity index (χ0v) is 17.3. The number of aromatic nitrogens is 1. The second-order valence-corrected chi connectivity index (χ2v) is 8.05. The number of hydrogen-bond acceptors (Lipinski definition) is 4. The number of anilines is 1. The van der Waals surface area contributed by atoms with Gasteiger partial charge in [-0.3, -0.25) is 9.79 Å². The second kappa shape index (κ2) is 7.37. The molecule has 3 aromatic rings. The maximum Gasteiger partial charge on any atom is 0.279 e. The van der Waals surface area contributed by atoms with Crippen LogP contribution in [0.25, 0.3) is 11.3 Å². The average Bonchev–Trinajstić information content (AvgIpc) is 3.16. The minimum Gasteiger partial charge on any atom is -0.309 e. The zero-order valence-electron chi connectivity index (χ0n) is 15.8. The minimum absolute atomic E-state index is 0.103. The van der Waals surface area contributed by atoms with Gasteiger partial charge in [-0.25, -0.2) is 4.68 Å². The molecule has 4 rings (SSSR count). The van der Waals surface area contributed by atoms with Crippen molar-refractivity contribution >= 4 is 40.2 Å². The molecule has 142 valence electrons. The van der Waals surface area contributed by atoms with E-state index in [9.17, 15) is 4.79 Å². The molecule has 7 heteroatoms. The smallest absolute Gasteiger partial charge is 0.279 e. The lowest BCUT2D eigenvalue weighted by atomic mass is 10.1.